The summed E-state index contributed by atoms with van der Waals surface area (Å²) in [6.45, 7) is -0.238. The van der Waals surface area contributed by atoms with Gasteiger partial charge in [0.25, 0.3) is 17.7 Å². The Morgan fingerprint density at radius 2 is 1.61 bits per heavy atom. The number of hydrogen-bond acceptors (Lipinski definition) is 5. The molecule has 140 valence electrons. The van der Waals surface area contributed by atoms with Crippen LogP contribution in [0.1, 0.15) is 31.3 Å². The van der Waals surface area contributed by atoms with E-state index in [9.17, 15) is 14.4 Å². The zero-order chi connectivity index (χ0) is 19.7. The molecule has 0 N–H and O–H groups in total. The van der Waals surface area contributed by atoms with Gasteiger partial charge in [-0.2, -0.15) is 0 Å². The molecule has 3 aromatic rings. The Bertz CT molecular complexity index is 1010. The minimum atomic E-state index is -0.466. The highest BCUT2D eigenvalue weighted by molar-refractivity contribution is 6.21. The Hall–Kier alpha value is -3.87. The van der Waals surface area contributed by atoms with Gasteiger partial charge < -0.3 is 9.15 Å². The summed E-state index contributed by atoms with van der Waals surface area (Å²) in [6, 6.07) is 16.5. The van der Waals surface area contributed by atoms with Crippen molar-refractivity contribution in [2.75, 3.05) is 18.7 Å². The maximum absolute atomic E-state index is 13.0. The van der Waals surface area contributed by atoms with Gasteiger partial charge >= 0.3 is 0 Å². The first-order valence-electron chi connectivity index (χ1n) is 8.55. The highest BCUT2D eigenvalue weighted by Crippen LogP contribution is 2.26. The molecule has 2 heterocycles. The molecule has 0 spiro atoms. The van der Waals surface area contributed by atoms with Crippen molar-refractivity contribution < 1.29 is 23.5 Å². The van der Waals surface area contributed by atoms with Gasteiger partial charge in [-0.15, -0.1) is 0 Å². The maximum atomic E-state index is 13.0. The standard InChI is InChI=1S/C21H16N2O5/c1-27-15-10-8-14(9-11-15)22(21(26)18-7-4-12-28-18)13-23-19(24)16-5-2-3-6-17(16)20(23)25/h2-12H,13H2,1H3. The summed E-state index contributed by atoms with van der Waals surface area (Å²) >= 11 is 0. The predicted molar refractivity (Wildman–Crippen MR) is 100 cm³/mol. The van der Waals surface area contributed by atoms with Gasteiger partial charge in [-0.1, -0.05) is 12.1 Å². The van der Waals surface area contributed by atoms with Crippen LogP contribution in [0.25, 0.3) is 0 Å². The smallest absolute Gasteiger partial charge is 0.295 e. The molecule has 0 fully saturated rings. The Labute approximate surface area is 160 Å². The molecule has 0 saturated heterocycles. The van der Waals surface area contributed by atoms with Crippen molar-refractivity contribution in [1.29, 1.82) is 0 Å². The summed E-state index contributed by atoms with van der Waals surface area (Å²) in [6.07, 6.45) is 1.39. The number of methoxy groups -OCH3 is 1. The van der Waals surface area contributed by atoms with E-state index in [2.05, 4.69) is 0 Å². The molecule has 4 rings (SSSR count). The summed E-state index contributed by atoms with van der Waals surface area (Å²) in [4.78, 5) is 40.8. The molecule has 1 aromatic heterocycles. The molecule has 0 saturated carbocycles. The summed E-state index contributed by atoms with van der Waals surface area (Å²) in [5.41, 5.74) is 1.15. The zero-order valence-electron chi connectivity index (χ0n) is 15.0. The average molecular weight is 376 g/mol. The lowest BCUT2D eigenvalue weighted by molar-refractivity contribution is 0.0649. The number of benzene rings is 2. The third-order valence-electron chi connectivity index (χ3n) is 4.52. The van der Waals surface area contributed by atoms with E-state index in [1.165, 1.54) is 17.2 Å². The number of fused-ring (bicyclic) bond motifs is 1. The van der Waals surface area contributed by atoms with Crippen LogP contribution in [0.2, 0.25) is 0 Å². The normalized spacial score (nSPS) is 12.8. The number of furan rings is 1. The molecule has 1 aliphatic rings. The van der Waals surface area contributed by atoms with Crippen LogP contribution in [0.5, 0.6) is 5.75 Å². The predicted octanol–water partition coefficient (Wildman–Crippen LogP) is 3.19. The van der Waals surface area contributed by atoms with Crippen LogP contribution in [-0.4, -0.2) is 36.4 Å². The fourth-order valence-electron chi connectivity index (χ4n) is 3.07. The van der Waals surface area contributed by atoms with Crippen LogP contribution >= 0.6 is 0 Å². The first kappa shape index (κ1) is 17.5. The molecule has 1 aliphatic heterocycles. The van der Waals surface area contributed by atoms with Gasteiger partial charge in [0.2, 0.25) is 0 Å². The first-order chi connectivity index (χ1) is 13.6. The number of amides is 3. The van der Waals surface area contributed by atoms with E-state index in [0.29, 0.717) is 22.6 Å². The molecule has 2 aromatic carbocycles. The van der Waals surface area contributed by atoms with Crippen molar-refractivity contribution in [2.24, 2.45) is 0 Å². The fraction of sp³-hybridized carbons (Fsp3) is 0.0952. The van der Waals surface area contributed by atoms with Crippen molar-refractivity contribution in [1.82, 2.24) is 4.90 Å². The monoisotopic (exact) mass is 376 g/mol. The van der Waals surface area contributed by atoms with E-state index < -0.39 is 17.7 Å². The number of nitrogens with zero attached hydrogens (tertiary/aromatic N) is 2. The molecule has 0 bridgehead atoms. The lowest BCUT2D eigenvalue weighted by atomic mass is 10.1. The molecule has 7 heteroatoms. The minimum Gasteiger partial charge on any atom is -0.497 e. The van der Waals surface area contributed by atoms with Crippen molar-refractivity contribution >= 4 is 23.4 Å². The van der Waals surface area contributed by atoms with Crippen LogP contribution in [0.15, 0.2) is 71.3 Å². The van der Waals surface area contributed by atoms with Crippen LogP contribution < -0.4 is 9.64 Å². The highest BCUT2D eigenvalue weighted by Gasteiger charge is 2.37. The Kier molecular flexibility index (Phi) is 4.41. The van der Waals surface area contributed by atoms with Gasteiger partial charge in [0.1, 0.15) is 12.4 Å². The second-order valence-corrected chi connectivity index (χ2v) is 6.13. The third-order valence-corrected chi connectivity index (χ3v) is 4.52. The molecule has 0 aliphatic carbocycles. The summed E-state index contributed by atoms with van der Waals surface area (Å²) < 4.78 is 10.4. The van der Waals surface area contributed by atoms with Crippen molar-refractivity contribution in [3.63, 3.8) is 0 Å². The summed E-state index contributed by atoms with van der Waals surface area (Å²) in [7, 11) is 1.54. The third kappa shape index (κ3) is 2.92. The molecule has 0 radical (unpaired) electrons. The molecule has 0 atom stereocenters. The van der Waals surface area contributed by atoms with Gasteiger partial charge in [-0.3, -0.25) is 24.2 Å². The van der Waals surface area contributed by atoms with E-state index in [-0.39, 0.29) is 12.4 Å². The van der Waals surface area contributed by atoms with Gasteiger partial charge in [-0.05, 0) is 48.5 Å². The van der Waals surface area contributed by atoms with Gasteiger partial charge in [0.05, 0.1) is 24.5 Å². The van der Waals surface area contributed by atoms with Crippen LogP contribution in [-0.2, 0) is 0 Å². The quantitative estimate of drug-likeness (QED) is 0.639. The molecule has 7 nitrogen and oxygen atoms in total. The fourth-order valence-corrected chi connectivity index (χ4v) is 3.07. The number of ether oxygens (including phenoxy) is 1. The second kappa shape index (κ2) is 7.03. The second-order valence-electron chi connectivity index (χ2n) is 6.13. The van der Waals surface area contributed by atoms with Crippen molar-refractivity contribution in [3.8, 4) is 5.75 Å². The molecule has 3 amide bonds. The topological polar surface area (TPSA) is 80.1 Å². The average Bonchev–Trinajstić information content (AvgIpc) is 3.35. The van der Waals surface area contributed by atoms with E-state index in [4.69, 9.17) is 9.15 Å². The Balaban J connectivity index is 1.69. The first-order valence-corrected chi connectivity index (χ1v) is 8.55. The summed E-state index contributed by atoms with van der Waals surface area (Å²) in [5, 5.41) is 0. The highest BCUT2D eigenvalue weighted by atomic mass is 16.5. The summed E-state index contributed by atoms with van der Waals surface area (Å²) in [5.74, 6) is -0.619. The number of carbonyl (C=O) groups excluding carboxylic acids is 3. The van der Waals surface area contributed by atoms with Crippen LogP contribution in [0.4, 0.5) is 5.69 Å². The molecular weight excluding hydrogens is 360 g/mol. The largest absolute Gasteiger partial charge is 0.497 e. The Morgan fingerprint density at radius 3 is 2.14 bits per heavy atom. The molecule has 28 heavy (non-hydrogen) atoms. The SMILES string of the molecule is COc1ccc(N(CN2C(=O)c3ccccc3C2=O)C(=O)c2ccco2)cc1. The molecule has 0 unspecified atom stereocenters. The van der Waals surface area contributed by atoms with Gasteiger partial charge in [-0.25, -0.2) is 0 Å². The lowest BCUT2D eigenvalue weighted by Crippen LogP contribution is -2.44. The number of anilines is 1. The number of carbonyl (C=O) groups is 3. The Morgan fingerprint density at radius 1 is 0.964 bits per heavy atom. The van der Waals surface area contributed by atoms with Gasteiger partial charge in [0, 0.05) is 5.69 Å². The molecular formula is C21H16N2O5. The van der Waals surface area contributed by atoms with E-state index in [0.717, 1.165) is 4.90 Å². The maximum Gasteiger partial charge on any atom is 0.295 e. The van der Waals surface area contributed by atoms with Crippen molar-refractivity contribution in [2.45, 2.75) is 0 Å². The minimum absolute atomic E-state index is 0.104. The van der Waals surface area contributed by atoms with E-state index >= 15 is 0 Å². The number of rotatable bonds is 5. The number of hydrogen-bond donors (Lipinski definition) is 0. The van der Waals surface area contributed by atoms with E-state index in [1.54, 1.807) is 61.7 Å². The van der Waals surface area contributed by atoms with Gasteiger partial charge in [0.15, 0.2) is 5.76 Å². The lowest BCUT2D eigenvalue weighted by Gasteiger charge is -2.26. The van der Waals surface area contributed by atoms with Crippen molar-refractivity contribution in [3.05, 3.63) is 83.8 Å². The van der Waals surface area contributed by atoms with Crippen LogP contribution in [0, 0.1) is 0 Å². The number of imide groups is 1. The van der Waals surface area contributed by atoms with Crippen LogP contribution in [0.3, 0.4) is 0 Å². The van der Waals surface area contributed by atoms with E-state index in [1.807, 2.05) is 0 Å². The zero-order valence-corrected chi connectivity index (χ0v) is 15.0.